The molecule has 0 bridgehead atoms. The molecule has 19 heavy (non-hydrogen) atoms. The first-order valence-corrected chi connectivity index (χ1v) is 7.21. The highest BCUT2D eigenvalue weighted by molar-refractivity contribution is 5.71. The molecule has 1 aliphatic carbocycles. The number of carboxylic acid groups (broad SMARTS) is 1. The molecule has 1 N–H and O–H groups in total. The summed E-state index contributed by atoms with van der Waals surface area (Å²) in [5.74, 6) is -0.695. The number of carbonyl (C=O) groups excluding carboxylic acids is 1. The standard InChI is InChI=1S/C15H26O4/c1-11(12-6-5-9-15(2,3)10-12)19-14(18)8-4-7-13(16)17/h11-12H,4-10H2,1-3H3,(H,16,17). The number of esters is 1. The number of hydrogen-bond donors (Lipinski definition) is 1. The van der Waals surface area contributed by atoms with Crippen LogP contribution in [0.15, 0.2) is 0 Å². The molecule has 0 aliphatic heterocycles. The largest absolute Gasteiger partial charge is 0.481 e. The molecule has 4 heteroatoms. The summed E-state index contributed by atoms with van der Waals surface area (Å²) in [4.78, 5) is 22.0. The smallest absolute Gasteiger partial charge is 0.306 e. The van der Waals surface area contributed by atoms with Crippen molar-refractivity contribution in [1.29, 1.82) is 0 Å². The molecule has 4 nitrogen and oxygen atoms in total. The van der Waals surface area contributed by atoms with Gasteiger partial charge in [-0.2, -0.15) is 0 Å². The first-order valence-electron chi connectivity index (χ1n) is 7.21. The summed E-state index contributed by atoms with van der Waals surface area (Å²) in [7, 11) is 0. The van der Waals surface area contributed by atoms with Crippen LogP contribution in [0.3, 0.4) is 0 Å². The second kappa shape index (κ2) is 6.92. The lowest BCUT2D eigenvalue weighted by atomic mass is 9.71. The summed E-state index contributed by atoms with van der Waals surface area (Å²) < 4.78 is 5.43. The van der Waals surface area contributed by atoms with E-state index in [0.717, 1.165) is 12.8 Å². The highest BCUT2D eigenvalue weighted by atomic mass is 16.5. The van der Waals surface area contributed by atoms with Crippen molar-refractivity contribution >= 4 is 11.9 Å². The fraction of sp³-hybridized carbons (Fsp3) is 0.867. The Labute approximate surface area is 115 Å². The maximum Gasteiger partial charge on any atom is 0.306 e. The van der Waals surface area contributed by atoms with E-state index in [9.17, 15) is 9.59 Å². The van der Waals surface area contributed by atoms with Crippen molar-refractivity contribution in [3.63, 3.8) is 0 Å². The molecule has 0 aromatic rings. The van der Waals surface area contributed by atoms with E-state index in [1.807, 2.05) is 6.92 Å². The van der Waals surface area contributed by atoms with E-state index in [1.165, 1.54) is 12.8 Å². The van der Waals surface area contributed by atoms with Gasteiger partial charge in [0, 0.05) is 12.8 Å². The van der Waals surface area contributed by atoms with Crippen LogP contribution in [0, 0.1) is 11.3 Å². The topological polar surface area (TPSA) is 63.6 Å². The molecular formula is C15H26O4. The van der Waals surface area contributed by atoms with Crippen LogP contribution in [0.4, 0.5) is 0 Å². The predicted molar refractivity (Wildman–Crippen MR) is 72.8 cm³/mol. The van der Waals surface area contributed by atoms with Gasteiger partial charge in [-0.1, -0.05) is 20.3 Å². The maximum absolute atomic E-state index is 11.6. The molecule has 1 rings (SSSR count). The van der Waals surface area contributed by atoms with Crippen molar-refractivity contribution < 1.29 is 19.4 Å². The van der Waals surface area contributed by atoms with E-state index in [-0.39, 0.29) is 24.9 Å². The van der Waals surface area contributed by atoms with Crippen LogP contribution in [-0.4, -0.2) is 23.1 Å². The zero-order chi connectivity index (χ0) is 14.5. The molecule has 0 aromatic carbocycles. The van der Waals surface area contributed by atoms with Crippen LogP contribution >= 0.6 is 0 Å². The first kappa shape index (κ1) is 16.0. The second-order valence-electron chi connectivity index (χ2n) is 6.46. The Balaban J connectivity index is 2.31. The molecule has 1 aliphatic rings. The van der Waals surface area contributed by atoms with Crippen LogP contribution in [0.1, 0.15) is 65.7 Å². The summed E-state index contributed by atoms with van der Waals surface area (Å²) in [5, 5.41) is 8.52. The quantitative estimate of drug-likeness (QED) is 0.751. The lowest BCUT2D eigenvalue weighted by molar-refractivity contribution is -0.152. The lowest BCUT2D eigenvalue weighted by Gasteiger charge is -2.37. The molecule has 0 amide bonds. The van der Waals surface area contributed by atoms with Crippen LogP contribution < -0.4 is 0 Å². The van der Waals surface area contributed by atoms with E-state index < -0.39 is 5.97 Å². The predicted octanol–water partition coefficient (Wildman–Crippen LogP) is 3.39. The molecule has 1 saturated carbocycles. The van der Waals surface area contributed by atoms with Gasteiger partial charge in [-0.3, -0.25) is 9.59 Å². The lowest BCUT2D eigenvalue weighted by Crippen LogP contribution is -2.32. The molecule has 110 valence electrons. The summed E-state index contributed by atoms with van der Waals surface area (Å²) in [6.45, 7) is 6.49. The van der Waals surface area contributed by atoms with Gasteiger partial charge in [0.2, 0.25) is 0 Å². The Bertz CT molecular complexity index is 322. The van der Waals surface area contributed by atoms with Crippen LogP contribution in [0.25, 0.3) is 0 Å². The minimum absolute atomic E-state index is 0.0277. The van der Waals surface area contributed by atoms with E-state index in [4.69, 9.17) is 9.84 Å². The molecule has 2 unspecified atom stereocenters. The van der Waals surface area contributed by atoms with Crippen molar-refractivity contribution in [2.75, 3.05) is 0 Å². The van der Waals surface area contributed by atoms with E-state index >= 15 is 0 Å². The molecular weight excluding hydrogens is 244 g/mol. The zero-order valence-corrected chi connectivity index (χ0v) is 12.3. The second-order valence-corrected chi connectivity index (χ2v) is 6.46. The molecule has 0 aromatic heterocycles. The van der Waals surface area contributed by atoms with Crippen molar-refractivity contribution in [2.24, 2.45) is 11.3 Å². The highest BCUT2D eigenvalue weighted by Gasteiger charge is 2.32. The number of aliphatic carboxylic acids is 1. The third kappa shape index (κ3) is 6.08. The molecule has 2 atom stereocenters. The minimum atomic E-state index is -0.866. The molecule has 0 saturated heterocycles. The Morgan fingerprint density at radius 1 is 1.37 bits per heavy atom. The molecule has 0 heterocycles. The third-order valence-electron chi connectivity index (χ3n) is 4.00. The maximum atomic E-state index is 11.6. The van der Waals surface area contributed by atoms with Crippen LogP contribution in [0.2, 0.25) is 0 Å². The van der Waals surface area contributed by atoms with Gasteiger partial charge in [0.25, 0.3) is 0 Å². The van der Waals surface area contributed by atoms with Gasteiger partial charge in [-0.05, 0) is 43.9 Å². The summed E-state index contributed by atoms with van der Waals surface area (Å²) in [5.41, 5.74) is 0.340. The fourth-order valence-corrected chi connectivity index (χ4v) is 2.90. The number of hydrogen-bond acceptors (Lipinski definition) is 3. The van der Waals surface area contributed by atoms with Gasteiger partial charge in [0.05, 0.1) is 0 Å². The van der Waals surface area contributed by atoms with Gasteiger partial charge in [-0.15, -0.1) is 0 Å². The third-order valence-corrected chi connectivity index (χ3v) is 4.00. The molecule has 0 radical (unpaired) electrons. The average Bonchev–Trinajstić information content (AvgIpc) is 2.26. The number of ether oxygens (including phenoxy) is 1. The SMILES string of the molecule is CC(OC(=O)CCCC(=O)O)C1CCCC(C)(C)C1. The van der Waals surface area contributed by atoms with Gasteiger partial charge < -0.3 is 9.84 Å². The van der Waals surface area contributed by atoms with Crippen LogP contribution in [-0.2, 0) is 14.3 Å². The first-order chi connectivity index (χ1) is 8.80. The average molecular weight is 270 g/mol. The summed E-state index contributed by atoms with van der Waals surface area (Å²) >= 11 is 0. The number of carbonyl (C=O) groups is 2. The van der Waals surface area contributed by atoms with Crippen molar-refractivity contribution in [3.05, 3.63) is 0 Å². The summed E-state index contributed by atoms with van der Waals surface area (Å²) in [6.07, 6.45) is 5.17. The number of rotatable bonds is 6. The van der Waals surface area contributed by atoms with Crippen molar-refractivity contribution in [3.8, 4) is 0 Å². The van der Waals surface area contributed by atoms with Gasteiger partial charge in [-0.25, -0.2) is 0 Å². The molecule has 0 spiro atoms. The molecule has 1 fully saturated rings. The Morgan fingerprint density at radius 3 is 2.63 bits per heavy atom. The Kier molecular flexibility index (Phi) is 5.83. The normalized spacial score (nSPS) is 23.6. The van der Waals surface area contributed by atoms with Crippen molar-refractivity contribution in [1.82, 2.24) is 0 Å². The van der Waals surface area contributed by atoms with Gasteiger partial charge in [0.1, 0.15) is 6.10 Å². The van der Waals surface area contributed by atoms with E-state index in [0.29, 0.717) is 17.8 Å². The minimum Gasteiger partial charge on any atom is -0.481 e. The van der Waals surface area contributed by atoms with Gasteiger partial charge >= 0.3 is 11.9 Å². The van der Waals surface area contributed by atoms with Crippen LogP contribution in [0.5, 0.6) is 0 Å². The monoisotopic (exact) mass is 270 g/mol. The van der Waals surface area contributed by atoms with Crippen molar-refractivity contribution in [2.45, 2.75) is 71.8 Å². The van der Waals surface area contributed by atoms with E-state index in [1.54, 1.807) is 0 Å². The Hall–Kier alpha value is -1.06. The fourth-order valence-electron chi connectivity index (χ4n) is 2.90. The summed E-state index contributed by atoms with van der Waals surface area (Å²) in [6, 6.07) is 0. The Morgan fingerprint density at radius 2 is 2.05 bits per heavy atom. The highest BCUT2D eigenvalue weighted by Crippen LogP contribution is 2.40. The van der Waals surface area contributed by atoms with E-state index in [2.05, 4.69) is 13.8 Å². The zero-order valence-electron chi connectivity index (χ0n) is 12.3. The van der Waals surface area contributed by atoms with Gasteiger partial charge in [0.15, 0.2) is 0 Å². The number of carboxylic acids is 1.